The number of hydrogen-bond donors (Lipinski definition) is 1. The number of piperazine rings is 1. The van der Waals surface area contributed by atoms with Crippen LogP contribution in [-0.2, 0) is 24.2 Å². The van der Waals surface area contributed by atoms with Crippen molar-refractivity contribution in [1.29, 1.82) is 0 Å². The molecule has 6 heteroatoms. The first-order chi connectivity index (χ1) is 11.6. The van der Waals surface area contributed by atoms with E-state index in [1.165, 1.54) is 5.56 Å². The predicted octanol–water partition coefficient (Wildman–Crippen LogP) is 1.27. The SMILES string of the molecule is CC(C)N1CCNC(=O)[C@@H]1Cc1ncnn1CCc1ccccc1. The minimum absolute atomic E-state index is 0.0903. The molecule has 0 radical (unpaired) electrons. The number of aryl methyl sites for hydroxylation is 2. The number of benzene rings is 1. The van der Waals surface area contributed by atoms with Gasteiger partial charge in [-0.05, 0) is 25.8 Å². The maximum Gasteiger partial charge on any atom is 0.237 e. The molecule has 24 heavy (non-hydrogen) atoms. The van der Waals surface area contributed by atoms with Crippen LogP contribution in [0.1, 0.15) is 25.2 Å². The molecule has 1 saturated heterocycles. The Labute approximate surface area is 142 Å². The van der Waals surface area contributed by atoms with E-state index in [0.717, 1.165) is 25.3 Å². The molecule has 1 aromatic heterocycles. The number of carbonyl (C=O) groups is 1. The van der Waals surface area contributed by atoms with E-state index in [1.807, 2.05) is 22.9 Å². The first-order valence-corrected chi connectivity index (χ1v) is 8.59. The molecule has 0 unspecified atom stereocenters. The largest absolute Gasteiger partial charge is 0.353 e. The van der Waals surface area contributed by atoms with Gasteiger partial charge in [0.15, 0.2) is 0 Å². The van der Waals surface area contributed by atoms with Crippen molar-refractivity contribution < 1.29 is 4.79 Å². The molecule has 128 valence electrons. The molecule has 0 spiro atoms. The van der Waals surface area contributed by atoms with E-state index in [2.05, 4.69) is 46.3 Å². The topological polar surface area (TPSA) is 63.1 Å². The molecule has 2 aromatic rings. The fraction of sp³-hybridized carbons (Fsp3) is 0.500. The standard InChI is InChI=1S/C18H25N5O/c1-14(2)22-11-9-19-18(24)16(22)12-17-20-13-21-23(17)10-8-15-6-4-3-5-7-15/h3-7,13-14,16H,8-12H2,1-2H3,(H,19,24)/t16-/m0/s1. The van der Waals surface area contributed by atoms with E-state index in [9.17, 15) is 4.79 Å². The van der Waals surface area contributed by atoms with E-state index in [-0.39, 0.29) is 11.9 Å². The molecule has 1 N–H and O–H groups in total. The van der Waals surface area contributed by atoms with E-state index >= 15 is 0 Å². The van der Waals surface area contributed by atoms with Gasteiger partial charge in [-0.15, -0.1) is 0 Å². The lowest BCUT2D eigenvalue weighted by Crippen LogP contribution is -2.58. The average molecular weight is 327 g/mol. The molecule has 1 atom stereocenters. The van der Waals surface area contributed by atoms with Crippen LogP contribution in [0.2, 0.25) is 0 Å². The molecule has 6 nitrogen and oxygen atoms in total. The number of nitrogens with zero attached hydrogens (tertiary/aromatic N) is 4. The molecule has 2 heterocycles. The Bertz CT molecular complexity index is 667. The van der Waals surface area contributed by atoms with Gasteiger partial charge in [-0.25, -0.2) is 9.67 Å². The fourth-order valence-electron chi connectivity index (χ4n) is 3.25. The van der Waals surface area contributed by atoms with Crippen LogP contribution in [0.15, 0.2) is 36.7 Å². The van der Waals surface area contributed by atoms with Crippen molar-refractivity contribution >= 4 is 5.91 Å². The lowest BCUT2D eigenvalue weighted by atomic mass is 10.1. The Balaban J connectivity index is 1.69. The summed E-state index contributed by atoms with van der Waals surface area (Å²) in [7, 11) is 0. The van der Waals surface area contributed by atoms with E-state index < -0.39 is 0 Å². The summed E-state index contributed by atoms with van der Waals surface area (Å²) >= 11 is 0. The maximum atomic E-state index is 12.3. The van der Waals surface area contributed by atoms with Crippen LogP contribution >= 0.6 is 0 Å². The van der Waals surface area contributed by atoms with Crippen molar-refractivity contribution in [2.45, 2.75) is 45.3 Å². The molecule has 0 bridgehead atoms. The van der Waals surface area contributed by atoms with Crippen molar-refractivity contribution in [3.63, 3.8) is 0 Å². The minimum Gasteiger partial charge on any atom is -0.353 e. The maximum absolute atomic E-state index is 12.3. The highest BCUT2D eigenvalue weighted by molar-refractivity contribution is 5.82. The van der Waals surface area contributed by atoms with Crippen LogP contribution in [0.3, 0.4) is 0 Å². The molecule has 1 fully saturated rings. The summed E-state index contributed by atoms with van der Waals surface area (Å²) in [5, 5.41) is 7.32. The molecule has 0 saturated carbocycles. The third-order valence-corrected chi connectivity index (χ3v) is 4.56. The van der Waals surface area contributed by atoms with E-state index in [0.29, 0.717) is 19.0 Å². The monoisotopic (exact) mass is 327 g/mol. The second kappa shape index (κ2) is 7.57. The number of aromatic nitrogens is 3. The summed E-state index contributed by atoms with van der Waals surface area (Å²) in [5.74, 6) is 0.964. The fourth-order valence-corrected chi connectivity index (χ4v) is 3.25. The number of nitrogens with one attached hydrogen (secondary N) is 1. The van der Waals surface area contributed by atoms with Crippen molar-refractivity contribution in [3.8, 4) is 0 Å². The third-order valence-electron chi connectivity index (χ3n) is 4.56. The number of rotatable bonds is 6. The van der Waals surface area contributed by atoms with Crippen LogP contribution in [0.25, 0.3) is 0 Å². The molecule has 1 aliphatic rings. The Morgan fingerprint density at radius 3 is 2.83 bits per heavy atom. The lowest BCUT2D eigenvalue weighted by molar-refractivity contribution is -0.130. The van der Waals surface area contributed by atoms with Crippen molar-refractivity contribution in [2.75, 3.05) is 13.1 Å². The van der Waals surface area contributed by atoms with Crippen molar-refractivity contribution in [2.24, 2.45) is 0 Å². The van der Waals surface area contributed by atoms with Crippen LogP contribution in [0.5, 0.6) is 0 Å². The van der Waals surface area contributed by atoms with E-state index in [4.69, 9.17) is 0 Å². The molecule has 3 rings (SSSR count). The van der Waals surface area contributed by atoms with Gasteiger partial charge in [-0.2, -0.15) is 5.10 Å². The molecule has 0 aliphatic carbocycles. The number of hydrogen-bond acceptors (Lipinski definition) is 4. The molecular weight excluding hydrogens is 302 g/mol. The van der Waals surface area contributed by atoms with Crippen molar-refractivity contribution in [3.05, 3.63) is 48.0 Å². The highest BCUT2D eigenvalue weighted by atomic mass is 16.2. The first kappa shape index (κ1) is 16.6. The zero-order chi connectivity index (χ0) is 16.9. The summed E-state index contributed by atoms with van der Waals surface area (Å²) in [6.07, 6.45) is 3.08. The zero-order valence-corrected chi connectivity index (χ0v) is 14.4. The Hall–Kier alpha value is -2.21. The predicted molar refractivity (Wildman–Crippen MR) is 92.5 cm³/mol. The molecular formula is C18H25N5O. The van der Waals surface area contributed by atoms with Crippen molar-refractivity contribution in [1.82, 2.24) is 25.0 Å². The highest BCUT2D eigenvalue weighted by Crippen LogP contribution is 2.14. The van der Waals surface area contributed by atoms with Gasteiger partial charge >= 0.3 is 0 Å². The van der Waals surface area contributed by atoms with Gasteiger partial charge in [0.05, 0.1) is 6.04 Å². The van der Waals surface area contributed by atoms with Gasteiger partial charge in [0, 0.05) is 32.1 Å². The zero-order valence-electron chi connectivity index (χ0n) is 14.4. The van der Waals surface area contributed by atoms with Crippen LogP contribution in [0.4, 0.5) is 0 Å². The van der Waals surface area contributed by atoms with Gasteiger partial charge in [-0.1, -0.05) is 30.3 Å². The summed E-state index contributed by atoms with van der Waals surface area (Å²) in [4.78, 5) is 19.0. The highest BCUT2D eigenvalue weighted by Gasteiger charge is 2.32. The smallest absolute Gasteiger partial charge is 0.237 e. The summed E-state index contributed by atoms with van der Waals surface area (Å²) in [6.45, 7) is 6.63. The second-order valence-electron chi connectivity index (χ2n) is 6.48. The van der Waals surface area contributed by atoms with Crippen LogP contribution in [0, 0.1) is 0 Å². The van der Waals surface area contributed by atoms with Crippen LogP contribution in [-0.4, -0.2) is 50.7 Å². The minimum atomic E-state index is -0.168. The quantitative estimate of drug-likeness (QED) is 0.868. The first-order valence-electron chi connectivity index (χ1n) is 8.59. The molecule has 1 aliphatic heterocycles. The molecule has 1 aromatic carbocycles. The normalized spacial score (nSPS) is 18.8. The van der Waals surface area contributed by atoms with Gasteiger partial charge in [0.1, 0.15) is 12.2 Å². The van der Waals surface area contributed by atoms with Gasteiger partial charge in [0.25, 0.3) is 0 Å². The Morgan fingerprint density at radius 2 is 2.08 bits per heavy atom. The van der Waals surface area contributed by atoms with Crippen LogP contribution < -0.4 is 5.32 Å². The average Bonchev–Trinajstić information content (AvgIpc) is 3.03. The Morgan fingerprint density at radius 1 is 1.29 bits per heavy atom. The van der Waals surface area contributed by atoms with Gasteiger partial charge in [-0.3, -0.25) is 9.69 Å². The third kappa shape index (κ3) is 3.82. The molecule has 1 amide bonds. The summed E-state index contributed by atoms with van der Waals surface area (Å²) < 4.78 is 1.92. The number of carbonyl (C=O) groups excluding carboxylic acids is 1. The van der Waals surface area contributed by atoms with Gasteiger partial charge < -0.3 is 5.32 Å². The Kier molecular flexibility index (Phi) is 5.25. The van der Waals surface area contributed by atoms with E-state index in [1.54, 1.807) is 6.33 Å². The van der Waals surface area contributed by atoms with Gasteiger partial charge in [0.2, 0.25) is 5.91 Å². The second-order valence-corrected chi connectivity index (χ2v) is 6.48. The summed E-state index contributed by atoms with van der Waals surface area (Å²) in [5.41, 5.74) is 1.28. The lowest BCUT2D eigenvalue weighted by Gasteiger charge is -2.37. The summed E-state index contributed by atoms with van der Waals surface area (Å²) in [6, 6.07) is 10.5. The number of amides is 1.